The van der Waals surface area contributed by atoms with Gasteiger partial charge in [0, 0.05) is 19.3 Å². The van der Waals surface area contributed by atoms with E-state index in [0.29, 0.717) is 12.8 Å². The summed E-state index contributed by atoms with van der Waals surface area (Å²) < 4.78 is 16.8. The van der Waals surface area contributed by atoms with Crippen LogP contribution in [0.2, 0.25) is 0 Å². The van der Waals surface area contributed by atoms with Crippen molar-refractivity contribution in [3.63, 3.8) is 0 Å². The molecule has 0 saturated carbocycles. The monoisotopic (exact) mass is 1140 g/mol. The maximum absolute atomic E-state index is 12.9. The summed E-state index contributed by atoms with van der Waals surface area (Å²) in [6, 6.07) is 0. The third-order valence-corrected chi connectivity index (χ3v) is 14.7. The van der Waals surface area contributed by atoms with E-state index in [2.05, 4.69) is 142 Å². The first-order valence-electron chi connectivity index (χ1n) is 34.5. The van der Waals surface area contributed by atoms with Gasteiger partial charge in [0.1, 0.15) is 13.2 Å². The minimum atomic E-state index is -0.795. The molecule has 6 heteroatoms. The average molecular weight is 1140 g/mol. The number of allylic oxidation sites excluding steroid dienone is 20. The van der Waals surface area contributed by atoms with Crippen LogP contribution in [0.15, 0.2) is 122 Å². The van der Waals surface area contributed by atoms with Crippen LogP contribution in [-0.4, -0.2) is 37.2 Å². The number of carbonyl (C=O) groups is 3. The molecule has 0 aromatic rings. The number of hydrogen-bond acceptors (Lipinski definition) is 6. The second-order valence-corrected chi connectivity index (χ2v) is 22.7. The minimum absolute atomic E-state index is 0.0913. The van der Waals surface area contributed by atoms with E-state index in [1.165, 1.54) is 161 Å². The lowest BCUT2D eigenvalue weighted by Gasteiger charge is -2.18. The van der Waals surface area contributed by atoms with Crippen molar-refractivity contribution in [2.24, 2.45) is 0 Å². The smallest absolute Gasteiger partial charge is 0.306 e. The molecule has 0 aliphatic carbocycles. The van der Waals surface area contributed by atoms with Crippen LogP contribution >= 0.6 is 0 Å². The first-order valence-corrected chi connectivity index (χ1v) is 34.5. The molecule has 0 heterocycles. The molecular formula is C76H128O6. The highest BCUT2D eigenvalue weighted by Crippen LogP contribution is 2.17. The van der Waals surface area contributed by atoms with Crippen molar-refractivity contribution in [2.75, 3.05) is 13.2 Å². The summed E-state index contributed by atoms with van der Waals surface area (Å²) in [5.41, 5.74) is 0. The minimum Gasteiger partial charge on any atom is -0.462 e. The highest BCUT2D eigenvalue weighted by molar-refractivity contribution is 5.71. The Morgan fingerprint density at radius 2 is 0.476 bits per heavy atom. The summed E-state index contributed by atoms with van der Waals surface area (Å²) in [5.74, 6) is -0.928. The van der Waals surface area contributed by atoms with E-state index in [4.69, 9.17) is 14.2 Å². The molecule has 1 atom stereocenters. The fourth-order valence-corrected chi connectivity index (χ4v) is 9.55. The number of esters is 3. The summed E-state index contributed by atoms with van der Waals surface area (Å²) >= 11 is 0. The maximum atomic E-state index is 12.9. The Morgan fingerprint density at radius 1 is 0.256 bits per heavy atom. The third-order valence-electron chi connectivity index (χ3n) is 14.7. The largest absolute Gasteiger partial charge is 0.462 e. The molecular weight excluding hydrogens is 1010 g/mol. The van der Waals surface area contributed by atoms with E-state index >= 15 is 0 Å². The van der Waals surface area contributed by atoms with E-state index < -0.39 is 6.10 Å². The molecule has 1 unspecified atom stereocenters. The Bertz CT molecular complexity index is 1690. The van der Waals surface area contributed by atoms with Crippen LogP contribution in [0.1, 0.15) is 323 Å². The van der Waals surface area contributed by atoms with Crippen molar-refractivity contribution >= 4 is 17.9 Å². The van der Waals surface area contributed by atoms with Gasteiger partial charge in [0.15, 0.2) is 6.10 Å². The third kappa shape index (κ3) is 66.6. The van der Waals surface area contributed by atoms with Gasteiger partial charge >= 0.3 is 17.9 Å². The summed E-state index contributed by atoms with van der Waals surface area (Å²) in [6.07, 6.45) is 96.9. The van der Waals surface area contributed by atoms with Crippen LogP contribution in [0.5, 0.6) is 0 Å². The predicted molar refractivity (Wildman–Crippen MR) is 357 cm³/mol. The SMILES string of the molecule is CC/C=C\C/C=C\C/C=C\C/C=C\C/C=C\C/C=C\C/C=C\CCCCCC(=O)OC(COC(=O)CCCCCCCC)COC(=O)CCCCCCCCCCCCCCCCCCCC/C=C\C/C=C\C/C=C\CCCCCCC. The van der Waals surface area contributed by atoms with Gasteiger partial charge in [-0.3, -0.25) is 14.4 Å². The van der Waals surface area contributed by atoms with Crippen molar-refractivity contribution < 1.29 is 28.6 Å². The Kier molecular flexibility index (Phi) is 65.8. The molecule has 0 amide bonds. The molecule has 0 spiro atoms. The lowest BCUT2D eigenvalue weighted by Crippen LogP contribution is -2.30. The Morgan fingerprint density at radius 3 is 0.756 bits per heavy atom. The topological polar surface area (TPSA) is 78.9 Å². The van der Waals surface area contributed by atoms with E-state index in [9.17, 15) is 14.4 Å². The highest BCUT2D eigenvalue weighted by atomic mass is 16.6. The molecule has 0 aliphatic heterocycles. The first kappa shape index (κ1) is 77.8. The molecule has 468 valence electrons. The van der Waals surface area contributed by atoms with Crippen LogP contribution in [0.25, 0.3) is 0 Å². The standard InChI is InChI=1S/C76H128O6/c1-4-7-10-13-16-18-20-22-24-26-28-30-32-34-35-36-37-38-39-40-41-43-44-46-48-50-52-54-56-58-60-63-66-69-75(78)81-72-73(71-80-74(77)68-65-62-15-12-9-6-3)82-76(79)70-67-64-61-59-57-55-53-51-49-47-45-42-33-31-29-27-25-23-21-19-17-14-11-8-5-2/h8,11,17,19-20,22-23,25-26,28-29,31-32,34,42,45,49,51,55,57,73H,4-7,9-10,12-16,18,21,24,27,30,33,35-41,43-44,46-48,50,52-54,56,58-72H2,1-3H3/b11-8-,19-17-,22-20-,25-23-,28-26-,31-29-,34-32-,45-42-,51-49-,57-55-. The summed E-state index contributed by atoms with van der Waals surface area (Å²) in [5, 5.41) is 0. The van der Waals surface area contributed by atoms with Gasteiger partial charge in [-0.1, -0.05) is 309 Å². The molecule has 82 heavy (non-hydrogen) atoms. The van der Waals surface area contributed by atoms with Gasteiger partial charge in [0.2, 0.25) is 0 Å². The Labute approximate surface area is 507 Å². The van der Waals surface area contributed by atoms with Crippen LogP contribution < -0.4 is 0 Å². The van der Waals surface area contributed by atoms with Gasteiger partial charge in [-0.25, -0.2) is 0 Å². The number of unbranched alkanes of at least 4 members (excludes halogenated alkanes) is 31. The summed E-state index contributed by atoms with van der Waals surface area (Å²) in [6.45, 7) is 6.44. The van der Waals surface area contributed by atoms with Crippen LogP contribution in [0.3, 0.4) is 0 Å². The fourth-order valence-electron chi connectivity index (χ4n) is 9.55. The molecule has 0 fully saturated rings. The van der Waals surface area contributed by atoms with Gasteiger partial charge in [-0.2, -0.15) is 0 Å². The molecule has 0 N–H and O–H groups in total. The molecule has 0 bridgehead atoms. The fraction of sp³-hybridized carbons (Fsp3) is 0.697. The molecule has 0 radical (unpaired) electrons. The van der Waals surface area contributed by atoms with Crippen LogP contribution in [0, 0.1) is 0 Å². The quantitative estimate of drug-likeness (QED) is 0.0261. The van der Waals surface area contributed by atoms with E-state index in [1.54, 1.807) is 0 Å². The summed E-state index contributed by atoms with van der Waals surface area (Å²) in [7, 11) is 0. The zero-order valence-electron chi connectivity index (χ0n) is 53.7. The number of hydrogen-bond donors (Lipinski definition) is 0. The van der Waals surface area contributed by atoms with Crippen LogP contribution in [-0.2, 0) is 28.6 Å². The van der Waals surface area contributed by atoms with E-state index in [1.807, 2.05) is 0 Å². The van der Waals surface area contributed by atoms with Gasteiger partial charge in [-0.05, 0) is 116 Å². The highest BCUT2D eigenvalue weighted by Gasteiger charge is 2.19. The molecule has 0 aromatic carbocycles. The second-order valence-electron chi connectivity index (χ2n) is 22.7. The van der Waals surface area contributed by atoms with Gasteiger partial charge < -0.3 is 14.2 Å². The second kappa shape index (κ2) is 69.3. The maximum Gasteiger partial charge on any atom is 0.306 e. The van der Waals surface area contributed by atoms with Crippen molar-refractivity contribution in [1.29, 1.82) is 0 Å². The lowest BCUT2D eigenvalue weighted by atomic mass is 10.0. The van der Waals surface area contributed by atoms with Gasteiger partial charge in [0.05, 0.1) is 0 Å². The van der Waals surface area contributed by atoms with Crippen molar-refractivity contribution in [1.82, 2.24) is 0 Å². The molecule has 0 rings (SSSR count). The zero-order chi connectivity index (χ0) is 59.2. The Hall–Kier alpha value is -4.19. The molecule has 0 saturated heterocycles. The van der Waals surface area contributed by atoms with E-state index in [-0.39, 0.29) is 37.5 Å². The van der Waals surface area contributed by atoms with Crippen molar-refractivity contribution in [2.45, 2.75) is 329 Å². The van der Waals surface area contributed by atoms with E-state index in [0.717, 1.165) is 122 Å². The van der Waals surface area contributed by atoms with Crippen molar-refractivity contribution in [3.8, 4) is 0 Å². The van der Waals surface area contributed by atoms with Crippen LogP contribution in [0.4, 0.5) is 0 Å². The lowest BCUT2D eigenvalue weighted by molar-refractivity contribution is -0.167. The molecule has 0 aliphatic rings. The number of ether oxygens (including phenoxy) is 3. The Balaban J connectivity index is 4.08. The summed E-state index contributed by atoms with van der Waals surface area (Å²) in [4.78, 5) is 38.1. The van der Waals surface area contributed by atoms with Crippen molar-refractivity contribution in [3.05, 3.63) is 122 Å². The normalized spacial score (nSPS) is 12.9. The molecule has 6 nitrogen and oxygen atoms in total. The van der Waals surface area contributed by atoms with Gasteiger partial charge in [0.25, 0.3) is 0 Å². The molecule has 0 aromatic heterocycles. The van der Waals surface area contributed by atoms with Gasteiger partial charge in [-0.15, -0.1) is 0 Å². The average Bonchev–Trinajstić information content (AvgIpc) is 3.47. The number of carbonyl (C=O) groups excluding carboxylic acids is 3. The predicted octanol–water partition coefficient (Wildman–Crippen LogP) is 23.9. The number of rotatable bonds is 62. The first-order chi connectivity index (χ1) is 40.5. The zero-order valence-corrected chi connectivity index (χ0v) is 53.7.